The Morgan fingerprint density at radius 3 is 2.36 bits per heavy atom. The summed E-state index contributed by atoms with van der Waals surface area (Å²) in [5.74, 6) is -0.496. The van der Waals surface area contributed by atoms with Gasteiger partial charge in [-0.2, -0.15) is 5.26 Å². The van der Waals surface area contributed by atoms with E-state index in [4.69, 9.17) is 0 Å². The van der Waals surface area contributed by atoms with Gasteiger partial charge in [0.05, 0.1) is 21.7 Å². The second-order valence-electron chi connectivity index (χ2n) is 6.02. The molecule has 2 aromatic carbocycles. The Hall–Kier alpha value is -3.15. The lowest BCUT2D eigenvalue weighted by atomic mass is 10.1. The van der Waals surface area contributed by atoms with Gasteiger partial charge in [-0.05, 0) is 43.7 Å². The number of aryl methyl sites for hydroxylation is 1. The van der Waals surface area contributed by atoms with E-state index >= 15 is 0 Å². The lowest BCUT2D eigenvalue weighted by molar-refractivity contribution is 0.102. The van der Waals surface area contributed by atoms with Crippen molar-refractivity contribution >= 4 is 38.0 Å². The first-order chi connectivity index (χ1) is 13.3. The fourth-order valence-electron chi connectivity index (χ4n) is 2.59. The molecule has 142 valence electrons. The van der Waals surface area contributed by atoms with Gasteiger partial charge in [-0.3, -0.25) is 9.52 Å². The second-order valence-corrected chi connectivity index (χ2v) is 8.92. The van der Waals surface area contributed by atoms with Gasteiger partial charge in [0.2, 0.25) is 0 Å². The third-order valence-electron chi connectivity index (χ3n) is 4.19. The third-order valence-corrected chi connectivity index (χ3v) is 6.70. The number of sulfonamides is 1. The number of benzene rings is 2. The predicted octanol–water partition coefficient (Wildman–Crippen LogP) is 4.29. The highest BCUT2D eigenvalue weighted by Crippen LogP contribution is 2.32. The predicted molar refractivity (Wildman–Crippen MR) is 110 cm³/mol. The van der Waals surface area contributed by atoms with Gasteiger partial charge in [-0.15, -0.1) is 11.3 Å². The number of nitrogens with one attached hydrogen (secondary N) is 2. The number of nitriles is 1. The van der Waals surface area contributed by atoms with Gasteiger partial charge in [-0.25, -0.2) is 8.42 Å². The van der Waals surface area contributed by atoms with Crippen LogP contribution in [0, 0.1) is 25.2 Å². The van der Waals surface area contributed by atoms with Crippen molar-refractivity contribution in [3.8, 4) is 6.07 Å². The van der Waals surface area contributed by atoms with E-state index in [1.54, 1.807) is 30.3 Å². The van der Waals surface area contributed by atoms with Gasteiger partial charge < -0.3 is 5.32 Å². The first kappa shape index (κ1) is 19.6. The normalized spacial score (nSPS) is 10.9. The van der Waals surface area contributed by atoms with Crippen molar-refractivity contribution in [2.45, 2.75) is 18.7 Å². The standard InChI is InChI=1S/C20H17N3O3S2/c1-13-14(2)27-20(17(13)12-21)22-19(24)16-10-6-7-11-18(16)23-28(25,26)15-8-4-3-5-9-15/h3-11,23H,1-2H3,(H,22,24). The smallest absolute Gasteiger partial charge is 0.261 e. The maximum absolute atomic E-state index is 12.8. The molecule has 6 nitrogen and oxygen atoms in total. The van der Waals surface area contributed by atoms with Crippen LogP contribution >= 0.6 is 11.3 Å². The highest BCUT2D eigenvalue weighted by atomic mass is 32.2. The Morgan fingerprint density at radius 2 is 1.68 bits per heavy atom. The Labute approximate surface area is 167 Å². The number of amides is 1. The highest BCUT2D eigenvalue weighted by molar-refractivity contribution is 7.92. The first-order valence-electron chi connectivity index (χ1n) is 8.32. The zero-order chi connectivity index (χ0) is 20.3. The van der Waals surface area contributed by atoms with Crippen molar-refractivity contribution in [2.24, 2.45) is 0 Å². The molecule has 1 amide bonds. The number of carbonyl (C=O) groups is 1. The topological polar surface area (TPSA) is 99.1 Å². The Morgan fingerprint density at radius 1 is 1.04 bits per heavy atom. The number of anilines is 2. The highest BCUT2D eigenvalue weighted by Gasteiger charge is 2.20. The van der Waals surface area contributed by atoms with Gasteiger partial charge in [-0.1, -0.05) is 30.3 Å². The molecular formula is C20H17N3O3S2. The van der Waals surface area contributed by atoms with E-state index in [1.165, 1.54) is 35.6 Å². The van der Waals surface area contributed by atoms with Crippen LogP contribution in [0.5, 0.6) is 0 Å². The molecule has 0 spiro atoms. The van der Waals surface area contributed by atoms with Crippen LogP contribution in [0.4, 0.5) is 10.7 Å². The molecule has 2 N–H and O–H groups in total. The maximum atomic E-state index is 12.8. The molecule has 0 fully saturated rings. The minimum Gasteiger partial charge on any atom is -0.312 e. The summed E-state index contributed by atoms with van der Waals surface area (Å²) in [6.07, 6.45) is 0. The zero-order valence-electron chi connectivity index (χ0n) is 15.2. The molecule has 0 aliphatic rings. The van der Waals surface area contributed by atoms with E-state index < -0.39 is 15.9 Å². The Balaban J connectivity index is 1.92. The van der Waals surface area contributed by atoms with Gasteiger partial charge in [0.15, 0.2) is 0 Å². The van der Waals surface area contributed by atoms with E-state index in [-0.39, 0.29) is 16.1 Å². The summed E-state index contributed by atoms with van der Waals surface area (Å²) in [5, 5.41) is 12.5. The summed E-state index contributed by atoms with van der Waals surface area (Å²) in [4.78, 5) is 13.8. The molecule has 0 radical (unpaired) electrons. The molecule has 0 saturated heterocycles. The summed E-state index contributed by atoms with van der Waals surface area (Å²) in [7, 11) is -3.84. The SMILES string of the molecule is Cc1sc(NC(=O)c2ccccc2NS(=O)(=O)c2ccccc2)c(C#N)c1C. The molecule has 1 heterocycles. The average molecular weight is 412 g/mol. The Bertz CT molecular complexity index is 1180. The molecule has 8 heteroatoms. The van der Waals surface area contributed by atoms with Crippen LogP contribution in [0.15, 0.2) is 59.5 Å². The van der Waals surface area contributed by atoms with Gasteiger partial charge in [0.25, 0.3) is 15.9 Å². The van der Waals surface area contributed by atoms with Crippen molar-refractivity contribution in [1.82, 2.24) is 0 Å². The largest absolute Gasteiger partial charge is 0.312 e. The molecule has 3 rings (SSSR count). The first-order valence-corrected chi connectivity index (χ1v) is 10.6. The van der Waals surface area contributed by atoms with E-state index in [0.717, 1.165) is 10.4 Å². The van der Waals surface area contributed by atoms with Crippen molar-refractivity contribution in [3.63, 3.8) is 0 Å². The molecule has 28 heavy (non-hydrogen) atoms. The van der Waals surface area contributed by atoms with E-state index in [2.05, 4.69) is 16.1 Å². The number of hydrogen-bond acceptors (Lipinski definition) is 5. The van der Waals surface area contributed by atoms with Crippen LogP contribution in [0.2, 0.25) is 0 Å². The number of para-hydroxylation sites is 1. The third kappa shape index (κ3) is 3.91. The molecule has 0 unspecified atom stereocenters. The minimum atomic E-state index is -3.84. The molecule has 0 aliphatic carbocycles. The number of thiophene rings is 1. The fourth-order valence-corrected chi connectivity index (χ4v) is 4.70. The Kier molecular flexibility index (Phi) is 5.49. The summed E-state index contributed by atoms with van der Waals surface area (Å²) in [6.45, 7) is 3.69. The van der Waals surface area contributed by atoms with E-state index in [0.29, 0.717) is 10.6 Å². The fraction of sp³-hybridized carbons (Fsp3) is 0.100. The van der Waals surface area contributed by atoms with Gasteiger partial charge >= 0.3 is 0 Å². The maximum Gasteiger partial charge on any atom is 0.261 e. The van der Waals surface area contributed by atoms with Crippen molar-refractivity contribution < 1.29 is 13.2 Å². The summed E-state index contributed by atoms with van der Waals surface area (Å²) in [5.41, 5.74) is 1.56. The molecular weight excluding hydrogens is 394 g/mol. The van der Waals surface area contributed by atoms with E-state index in [1.807, 2.05) is 13.8 Å². The summed E-state index contributed by atoms with van der Waals surface area (Å²) in [6, 6.07) is 16.3. The monoisotopic (exact) mass is 411 g/mol. The van der Waals surface area contributed by atoms with Crippen LogP contribution < -0.4 is 10.0 Å². The summed E-state index contributed by atoms with van der Waals surface area (Å²) >= 11 is 1.31. The van der Waals surface area contributed by atoms with Crippen LogP contribution in [0.25, 0.3) is 0 Å². The van der Waals surface area contributed by atoms with Crippen molar-refractivity contribution in [3.05, 3.63) is 76.2 Å². The molecule has 0 bridgehead atoms. The van der Waals surface area contributed by atoms with E-state index in [9.17, 15) is 18.5 Å². The lowest BCUT2D eigenvalue weighted by Gasteiger charge is -2.12. The van der Waals surface area contributed by atoms with Gasteiger partial charge in [0.1, 0.15) is 11.1 Å². The quantitative estimate of drug-likeness (QED) is 0.654. The van der Waals surface area contributed by atoms with Gasteiger partial charge in [0, 0.05) is 4.88 Å². The molecule has 1 aromatic heterocycles. The number of hydrogen-bond donors (Lipinski definition) is 2. The van der Waals surface area contributed by atoms with Crippen LogP contribution in [-0.2, 0) is 10.0 Å². The molecule has 0 saturated carbocycles. The molecule has 3 aromatic rings. The molecule has 0 atom stereocenters. The number of carbonyl (C=O) groups excluding carboxylic acids is 1. The minimum absolute atomic E-state index is 0.0986. The van der Waals surface area contributed by atoms with Crippen LogP contribution in [0.1, 0.15) is 26.4 Å². The number of nitrogens with zero attached hydrogens (tertiary/aromatic N) is 1. The van der Waals surface area contributed by atoms with Crippen LogP contribution in [-0.4, -0.2) is 14.3 Å². The zero-order valence-corrected chi connectivity index (χ0v) is 16.8. The molecule has 0 aliphatic heterocycles. The second kappa shape index (κ2) is 7.84. The average Bonchev–Trinajstić information content (AvgIpc) is 2.95. The number of rotatable bonds is 5. The van der Waals surface area contributed by atoms with Crippen molar-refractivity contribution in [1.29, 1.82) is 5.26 Å². The van der Waals surface area contributed by atoms with Crippen molar-refractivity contribution in [2.75, 3.05) is 10.0 Å². The summed E-state index contributed by atoms with van der Waals surface area (Å²) < 4.78 is 27.7. The lowest BCUT2D eigenvalue weighted by Crippen LogP contribution is -2.18. The van der Waals surface area contributed by atoms with Crippen LogP contribution in [0.3, 0.4) is 0 Å².